The van der Waals surface area contributed by atoms with Crippen LogP contribution in [0.3, 0.4) is 0 Å². The van der Waals surface area contributed by atoms with Crippen molar-refractivity contribution in [2.75, 3.05) is 0 Å². The Morgan fingerprint density at radius 1 is 1.15 bits per heavy atom. The zero-order chi connectivity index (χ0) is 10.3. The van der Waals surface area contributed by atoms with E-state index in [2.05, 4.69) is 6.92 Å². The van der Waals surface area contributed by atoms with E-state index in [9.17, 15) is 8.78 Å². The quantitative estimate of drug-likeness (QED) is 0.617. The maximum absolute atomic E-state index is 12.3. The molecule has 0 aromatic carbocycles. The Balaban J connectivity index is 3.41. The zero-order valence-corrected chi connectivity index (χ0v) is 8.65. The highest BCUT2D eigenvalue weighted by Crippen LogP contribution is 2.19. The Bertz CT molecular complexity index is 124. The SMILES string of the molecule is CCCCCCCC(C)(N)C(F)F. The summed E-state index contributed by atoms with van der Waals surface area (Å²) in [5.41, 5.74) is 4.14. The lowest BCUT2D eigenvalue weighted by Gasteiger charge is -2.23. The van der Waals surface area contributed by atoms with Gasteiger partial charge < -0.3 is 5.73 Å². The number of nitrogens with two attached hydrogens (primary N) is 1. The topological polar surface area (TPSA) is 26.0 Å². The van der Waals surface area contributed by atoms with Gasteiger partial charge in [-0.1, -0.05) is 39.0 Å². The number of alkyl halides is 2. The van der Waals surface area contributed by atoms with E-state index in [-0.39, 0.29) is 0 Å². The molecule has 0 aromatic heterocycles. The molecule has 0 amide bonds. The highest BCUT2D eigenvalue weighted by atomic mass is 19.3. The molecule has 0 saturated carbocycles. The van der Waals surface area contributed by atoms with Crippen molar-refractivity contribution in [2.24, 2.45) is 5.73 Å². The summed E-state index contributed by atoms with van der Waals surface area (Å²) >= 11 is 0. The molecule has 0 rings (SSSR count). The smallest absolute Gasteiger partial charge is 0.255 e. The Labute approximate surface area is 79.7 Å². The van der Waals surface area contributed by atoms with Gasteiger partial charge in [-0.25, -0.2) is 8.78 Å². The third-order valence-electron chi connectivity index (χ3n) is 2.32. The average Bonchev–Trinajstić information content (AvgIpc) is 2.03. The first-order valence-corrected chi connectivity index (χ1v) is 5.07. The van der Waals surface area contributed by atoms with Crippen molar-refractivity contribution < 1.29 is 8.78 Å². The van der Waals surface area contributed by atoms with Crippen LogP contribution in [0.4, 0.5) is 8.78 Å². The molecule has 0 aliphatic heterocycles. The van der Waals surface area contributed by atoms with E-state index >= 15 is 0 Å². The van der Waals surface area contributed by atoms with Crippen molar-refractivity contribution in [2.45, 2.75) is 64.3 Å². The van der Waals surface area contributed by atoms with Crippen molar-refractivity contribution in [1.29, 1.82) is 0 Å². The molecule has 3 heteroatoms. The second kappa shape index (κ2) is 6.30. The van der Waals surface area contributed by atoms with Gasteiger partial charge in [-0.2, -0.15) is 0 Å². The minimum atomic E-state index is -2.40. The molecule has 13 heavy (non-hydrogen) atoms. The predicted molar refractivity (Wildman–Crippen MR) is 52.0 cm³/mol. The monoisotopic (exact) mass is 193 g/mol. The maximum Gasteiger partial charge on any atom is 0.255 e. The lowest BCUT2D eigenvalue weighted by Crippen LogP contribution is -2.43. The van der Waals surface area contributed by atoms with E-state index in [1.807, 2.05) is 0 Å². The number of hydrogen-bond donors (Lipinski definition) is 1. The van der Waals surface area contributed by atoms with Crippen LogP contribution < -0.4 is 5.73 Å². The molecule has 0 fully saturated rings. The van der Waals surface area contributed by atoms with Gasteiger partial charge >= 0.3 is 0 Å². The summed E-state index contributed by atoms with van der Waals surface area (Å²) in [7, 11) is 0. The van der Waals surface area contributed by atoms with Crippen LogP contribution in [0.1, 0.15) is 52.4 Å². The zero-order valence-electron chi connectivity index (χ0n) is 8.65. The van der Waals surface area contributed by atoms with Crippen molar-refractivity contribution in [3.63, 3.8) is 0 Å². The van der Waals surface area contributed by atoms with Crippen LogP contribution in [0.2, 0.25) is 0 Å². The van der Waals surface area contributed by atoms with Crippen molar-refractivity contribution >= 4 is 0 Å². The number of rotatable bonds is 7. The van der Waals surface area contributed by atoms with Crippen molar-refractivity contribution in [3.8, 4) is 0 Å². The minimum absolute atomic E-state index is 0.425. The standard InChI is InChI=1S/C10H21F2N/c1-3-4-5-6-7-8-10(2,13)9(11)12/h9H,3-8,13H2,1-2H3. The molecular formula is C10H21F2N. The normalized spacial score (nSPS) is 16.2. The second-order valence-electron chi connectivity index (χ2n) is 3.97. The minimum Gasteiger partial charge on any atom is -0.321 e. The molecule has 0 aromatic rings. The van der Waals surface area contributed by atoms with Gasteiger partial charge in [0.15, 0.2) is 0 Å². The van der Waals surface area contributed by atoms with Gasteiger partial charge in [0, 0.05) is 0 Å². The molecular weight excluding hydrogens is 172 g/mol. The van der Waals surface area contributed by atoms with Crippen LogP contribution in [0.5, 0.6) is 0 Å². The fourth-order valence-electron chi connectivity index (χ4n) is 1.22. The number of hydrogen-bond acceptors (Lipinski definition) is 1. The summed E-state index contributed by atoms with van der Waals surface area (Å²) in [5, 5.41) is 0. The number of halogens is 2. The molecule has 0 saturated heterocycles. The third-order valence-corrected chi connectivity index (χ3v) is 2.32. The Morgan fingerprint density at radius 2 is 1.69 bits per heavy atom. The Kier molecular flexibility index (Phi) is 6.21. The van der Waals surface area contributed by atoms with Gasteiger partial charge in [0.2, 0.25) is 0 Å². The van der Waals surface area contributed by atoms with Gasteiger partial charge in [-0.05, 0) is 13.3 Å². The van der Waals surface area contributed by atoms with Crippen molar-refractivity contribution in [1.82, 2.24) is 0 Å². The largest absolute Gasteiger partial charge is 0.321 e. The highest BCUT2D eigenvalue weighted by Gasteiger charge is 2.29. The van der Waals surface area contributed by atoms with Crippen LogP contribution in [0.25, 0.3) is 0 Å². The van der Waals surface area contributed by atoms with Gasteiger partial charge in [0.1, 0.15) is 0 Å². The summed E-state index contributed by atoms with van der Waals surface area (Å²) < 4.78 is 24.5. The van der Waals surface area contributed by atoms with Gasteiger partial charge in [-0.3, -0.25) is 0 Å². The van der Waals surface area contributed by atoms with Gasteiger partial charge in [-0.15, -0.1) is 0 Å². The van der Waals surface area contributed by atoms with Gasteiger partial charge in [0.05, 0.1) is 5.54 Å². The predicted octanol–water partition coefficient (Wildman–Crippen LogP) is 3.33. The second-order valence-corrected chi connectivity index (χ2v) is 3.97. The molecule has 1 nitrogen and oxygen atoms in total. The van der Waals surface area contributed by atoms with E-state index in [1.54, 1.807) is 0 Å². The molecule has 1 unspecified atom stereocenters. The lowest BCUT2D eigenvalue weighted by molar-refractivity contribution is 0.0574. The fourth-order valence-corrected chi connectivity index (χ4v) is 1.22. The molecule has 0 bridgehead atoms. The van der Waals surface area contributed by atoms with E-state index in [1.165, 1.54) is 19.8 Å². The van der Waals surface area contributed by atoms with E-state index in [0.29, 0.717) is 6.42 Å². The molecule has 2 N–H and O–H groups in total. The maximum atomic E-state index is 12.3. The average molecular weight is 193 g/mol. The van der Waals surface area contributed by atoms with Crippen LogP contribution in [0.15, 0.2) is 0 Å². The first kappa shape index (κ1) is 12.8. The van der Waals surface area contributed by atoms with Crippen LogP contribution in [-0.2, 0) is 0 Å². The third kappa shape index (κ3) is 5.97. The molecule has 1 atom stereocenters. The molecule has 0 aliphatic rings. The van der Waals surface area contributed by atoms with Crippen LogP contribution in [-0.4, -0.2) is 12.0 Å². The van der Waals surface area contributed by atoms with Crippen LogP contribution >= 0.6 is 0 Å². The molecule has 0 aliphatic carbocycles. The summed E-state index contributed by atoms with van der Waals surface area (Å²) in [6.07, 6.45) is 3.36. The highest BCUT2D eigenvalue weighted by molar-refractivity contribution is 4.80. The summed E-state index contributed by atoms with van der Waals surface area (Å²) in [4.78, 5) is 0. The molecule has 0 heterocycles. The molecule has 0 radical (unpaired) electrons. The van der Waals surface area contributed by atoms with Crippen molar-refractivity contribution in [3.05, 3.63) is 0 Å². The fraction of sp³-hybridized carbons (Fsp3) is 1.00. The molecule has 0 spiro atoms. The number of unbranched alkanes of at least 4 members (excludes halogenated alkanes) is 4. The van der Waals surface area contributed by atoms with Crippen LogP contribution in [0, 0.1) is 0 Å². The summed E-state index contributed by atoms with van der Waals surface area (Å²) in [6, 6.07) is 0. The first-order valence-electron chi connectivity index (χ1n) is 5.07. The summed E-state index contributed by atoms with van der Waals surface area (Å²) in [6.45, 7) is 3.56. The summed E-state index contributed by atoms with van der Waals surface area (Å²) in [5.74, 6) is 0. The Morgan fingerprint density at radius 3 is 2.15 bits per heavy atom. The first-order chi connectivity index (χ1) is 6.00. The molecule has 80 valence electrons. The van der Waals surface area contributed by atoms with E-state index in [4.69, 9.17) is 5.73 Å². The lowest BCUT2D eigenvalue weighted by atomic mass is 9.96. The van der Waals surface area contributed by atoms with E-state index < -0.39 is 12.0 Å². The Hall–Kier alpha value is -0.180. The van der Waals surface area contributed by atoms with Gasteiger partial charge in [0.25, 0.3) is 6.43 Å². The van der Waals surface area contributed by atoms with E-state index in [0.717, 1.165) is 19.3 Å².